The molecule has 0 aromatic heterocycles. The molecule has 4 aromatic carbocycles. The number of hydrogen-bond acceptors (Lipinski definition) is 6. The molecule has 0 saturated carbocycles. The molecule has 0 aliphatic carbocycles. The first-order valence-electron chi connectivity index (χ1n) is 17.4. The van der Waals surface area contributed by atoms with Crippen LogP contribution >= 0.6 is 0 Å². The van der Waals surface area contributed by atoms with Gasteiger partial charge in [0.15, 0.2) is 0 Å². The van der Waals surface area contributed by atoms with Gasteiger partial charge in [-0.3, -0.25) is 9.59 Å². The van der Waals surface area contributed by atoms with E-state index in [0.717, 1.165) is 27.7 Å². The van der Waals surface area contributed by atoms with E-state index >= 15 is 0 Å². The molecule has 0 aliphatic heterocycles. The van der Waals surface area contributed by atoms with E-state index in [1.807, 2.05) is 135 Å². The maximum Gasteiger partial charge on any atom is 0.408 e. The molecule has 0 radical (unpaired) electrons. The van der Waals surface area contributed by atoms with Crippen molar-refractivity contribution in [2.24, 2.45) is 5.92 Å². The normalized spacial score (nSPS) is 13.2. The highest BCUT2D eigenvalue weighted by atomic mass is 32.2. The Morgan fingerprint density at radius 2 is 1.13 bits per heavy atom. The topological polar surface area (TPSA) is 143 Å². The third-order valence-electron chi connectivity index (χ3n) is 8.12. The Hall–Kier alpha value is -5.26. The first-order chi connectivity index (χ1) is 25.1. The molecule has 0 heterocycles. The summed E-state index contributed by atoms with van der Waals surface area (Å²) in [5, 5.41) is 9.56. The summed E-state index contributed by atoms with van der Waals surface area (Å²) in [4.78, 5) is 40.6. The van der Waals surface area contributed by atoms with Crippen LogP contribution in [0.25, 0.3) is 0 Å². The van der Waals surface area contributed by atoms with Crippen LogP contribution in [0.5, 0.6) is 0 Å². The predicted molar refractivity (Wildman–Crippen MR) is 203 cm³/mol. The zero-order chi connectivity index (χ0) is 37.2. The number of carbonyl (C=O) groups is 3. The maximum absolute atomic E-state index is 14.0. The van der Waals surface area contributed by atoms with E-state index in [9.17, 15) is 22.8 Å². The molecule has 4 aromatic rings. The van der Waals surface area contributed by atoms with Crippen LogP contribution in [0, 0.1) is 5.92 Å². The van der Waals surface area contributed by atoms with Crippen molar-refractivity contribution in [3.63, 3.8) is 0 Å². The smallest absolute Gasteiger partial charge is 0.408 e. The van der Waals surface area contributed by atoms with E-state index < -0.39 is 46.1 Å². The predicted octanol–water partition coefficient (Wildman–Crippen LogP) is 5.46. The summed E-state index contributed by atoms with van der Waals surface area (Å²) in [5.74, 6) is -1.01. The molecule has 0 spiro atoms. The average molecular weight is 725 g/mol. The number of benzene rings is 4. The molecule has 11 heteroatoms. The van der Waals surface area contributed by atoms with Gasteiger partial charge in [-0.05, 0) is 53.5 Å². The minimum atomic E-state index is -3.82. The number of ether oxygens (including phenoxy) is 1. The number of rotatable bonds is 19. The lowest BCUT2D eigenvalue weighted by atomic mass is 10.0. The molecule has 4 rings (SSSR count). The van der Waals surface area contributed by atoms with Crippen LogP contribution in [0.15, 0.2) is 133 Å². The van der Waals surface area contributed by atoms with Crippen molar-refractivity contribution in [1.29, 1.82) is 0 Å². The molecule has 10 nitrogen and oxygen atoms in total. The first-order valence-corrected chi connectivity index (χ1v) is 19.0. The van der Waals surface area contributed by atoms with Crippen molar-refractivity contribution in [3.05, 3.63) is 155 Å². The third kappa shape index (κ3) is 14.5. The van der Waals surface area contributed by atoms with Crippen LogP contribution in [0.3, 0.4) is 0 Å². The van der Waals surface area contributed by atoms with E-state index in [1.165, 1.54) is 6.08 Å². The monoisotopic (exact) mass is 724 g/mol. The van der Waals surface area contributed by atoms with Crippen molar-refractivity contribution in [1.82, 2.24) is 20.7 Å². The van der Waals surface area contributed by atoms with Crippen molar-refractivity contribution >= 4 is 27.9 Å². The second kappa shape index (κ2) is 20.6. The van der Waals surface area contributed by atoms with Crippen LogP contribution in [0.1, 0.15) is 42.5 Å². The minimum Gasteiger partial charge on any atom is -0.445 e. The molecule has 274 valence electrons. The number of hydrogen-bond donors (Lipinski definition) is 4. The van der Waals surface area contributed by atoms with Gasteiger partial charge >= 0.3 is 6.09 Å². The molecule has 3 atom stereocenters. The Morgan fingerprint density at radius 3 is 1.69 bits per heavy atom. The number of amides is 3. The summed E-state index contributed by atoms with van der Waals surface area (Å²) >= 11 is 0. The zero-order valence-corrected chi connectivity index (χ0v) is 30.4. The maximum atomic E-state index is 14.0. The molecular weight excluding hydrogens is 677 g/mol. The number of carbonyl (C=O) groups excluding carboxylic acids is 3. The Labute approximate surface area is 307 Å². The fraction of sp³-hybridized carbons (Fsp3) is 0.293. The second-order valence-electron chi connectivity index (χ2n) is 12.9. The van der Waals surface area contributed by atoms with Crippen molar-refractivity contribution < 1.29 is 27.5 Å². The van der Waals surface area contributed by atoms with Gasteiger partial charge in [-0.2, -0.15) is 0 Å². The Balaban J connectivity index is 1.49. The lowest BCUT2D eigenvalue weighted by molar-refractivity contribution is -0.130. The lowest BCUT2D eigenvalue weighted by Gasteiger charge is -2.25. The van der Waals surface area contributed by atoms with Crippen molar-refractivity contribution in [2.75, 3.05) is 6.54 Å². The fourth-order valence-electron chi connectivity index (χ4n) is 5.49. The number of alkyl carbamates (subject to hydrolysis) is 1. The molecule has 0 bridgehead atoms. The summed E-state index contributed by atoms with van der Waals surface area (Å²) in [7, 11) is -3.82. The zero-order valence-electron chi connectivity index (χ0n) is 29.6. The molecule has 0 unspecified atom stereocenters. The van der Waals surface area contributed by atoms with E-state index in [-0.39, 0.29) is 25.5 Å². The van der Waals surface area contributed by atoms with Crippen LogP contribution in [-0.2, 0) is 50.2 Å². The minimum absolute atomic E-state index is 0.0372. The average Bonchev–Trinajstić information content (AvgIpc) is 3.14. The third-order valence-corrected chi connectivity index (χ3v) is 9.24. The largest absolute Gasteiger partial charge is 0.445 e. The fourth-order valence-corrected chi connectivity index (χ4v) is 6.37. The van der Waals surface area contributed by atoms with Gasteiger partial charge in [0, 0.05) is 18.4 Å². The van der Waals surface area contributed by atoms with E-state index in [4.69, 9.17) is 4.74 Å². The summed E-state index contributed by atoms with van der Waals surface area (Å²) < 4.78 is 33.9. The SMILES string of the molecule is CC(C)C[C@H](NC(=O)OCc1ccccc1)C(=O)N[C@@H](Cc1ccccc1)C(=O)N[C@H](C=CS(=O)(=O)NCCc1ccccc1)Cc1ccccc1. The van der Waals surface area contributed by atoms with Crippen molar-refractivity contribution in [2.45, 2.75) is 64.3 Å². The molecule has 52 heavy (non-hydrogen) atoms. The first kappa shape index (κ1) is 39.5. The highest BCUT2D eigenvalue weighted by Crippen LogP contribution is 2.11. The quantitative estimate of drug-likeness (QED) is 0.101. The van der Waals surface area contributed by atoms with Crippen LogP contribution in [0.2, 0.25) is 0 Å². The summed E-state index contributed by atoms with van der Waals surface area (Å²) in [6.07, 6.45) is 1.99. The van der Waals surface area contributed by atoms with Crippen LogP contribution in [-0.4, -0.2) is 51.0 Å². The number of nitrogens with one attached hydrogen (secondary N) is 4. The van der Waals surface area contributed by atoms with Gasteiger partial charge < -0.3 is 20.7 Å². The van der Waals surface area contributed by atoms with Crippen molar-refractivity contribution in [3.8, 4) is 0 Å². The molecule has 3 amide bonds. The van der Waals surface area contributed by atoms with E-state index in [0.29, 0.717) is 19.3 Å². The summed E-state index contributed by atoms with van der Waals surface area (Å²) in [6.45, 7) is 4.10. The molecular formula is C41H48N4O6S. The molecule has 0 aliphatic rings. The van der Waals surface area contributed by atoms with Gasteiger partial charge in [-0.1, -0.05) is 135 Å². The van der Waals surface area contributed by atoms with Gasteiger partial charge in [-0.25, -0.2) is 17.9 Å². The van der Waals surface area contributed by atoms with Gasteiger partial charge in [-0.15, -0.1) is 0 Å². The van der Waals surface area contributed by atoms with Crippen LogP contribution < -0.4 is 20.7 Å². The van der Waals surface area contributed by atoms with Gasteiger partial charge in [0.05, 0.1) is 6.04 Å². The van der Waals surface area contributed by atoms with Gasteiger partial charge in [0.2, 0.25) is 21.8 Å². The second-order valence-corrected chi connectivity index (χ2v) is 14.6. The Kier molecular flexibility index (Phi) is 15.6. The summed E-state index contributed by atoms with van der Waals surface area (Å²) in [5.41, 5.74) is 3.49. The molecule has 0 fully saturated rings. The number of sulfonamides is 1. The standard InChI is InChI=1S/C41H48N4O6S/c1-31(2)27-37(45-41(48)51-30-35-21-13-6-14-22-35)40(47)44-38(29-34-19-11-5-12-20-34)39(46)43-36(28-33-17-9-4-10-18-33)24-26-52(49,50)42-25-23-32-15-7-3-8-16-32/h3-22,24,26,31,36-38,42H,23,25,27-30H2,1-2H3,(H,43,46)(H,44,47)(H,45,48)/t36-,37+,38+/m1/s1. The molecule has 0 saturated heterocycles. The van der Waals surface area contributed by atoms with E-state index in [1.54, 1.807) is 0 Å². The van der Waals surface area contributed by atoms with Gasteiger partial charge in [0.25, 0.3) is 0 Å². The highest BCUT2D eigenvalue weighted by molar-refractivity contribution is 7.92. The summed E-state index contributed by atoms with van der Waals surface area (Å²) in [6, 6.07) is 34.7. The lowest BCUT2D eigenvalue weighted by Crippen LogP contribution is -2.56. The van der Waals surface area contributed by atoms with E-state index in [2.05, 4.69) is 20.7 Å². The molecule has 4 N–H and O–H groups in total. The van der Waals surface area contributed by atoms with Gasteiger partial charge in [0.1, 0.15) is 18.7 Å². The highest BCUT2D eigenvalue weighted by Gasteiger charge is 2.29. The Bertz CT molecular complexity index is 1820. The van der Waals surface area contributed by atoms with Crippen LogP contribution in [0.4, 0.5) is 4.79 Å². The Morgan fingerprint density at radius 1 is 0.635 bits per heavy atom.